The molecule has 0 bridgehead atoms. The van der Waals surface area contributed by atoms with Crippen LogP contribution in [-0.2, 0) is 5.41 Å². The summed E-state index contributed by atoms with van der Waals surface area (Å²) >= 11 is 0. The van der Waals surface area contributed by atoms with Crippen LogP contribution in [0.4, 0.5) is 4.39 Å². The van der Waals surface area contributed by atoms with Crippen LogP contribution in [0.15, 0.2) is 52.1 Å². The average molecular weight is 488 g/mol. The van der Waals surface area contributed by atoms with Crippen molar-refractivity contribution in [3.63, 3.8) is 0 Å². The van der Waals surface area contributed by atoms with Gasteiger partial charge in [0.2, 0.25) is 0 Å². The molecule has 1 atom stereocenters. The van der Waals surface area contributed by atoms with E-state index in [2.05, 4.69) is 34.4 Å². The van der Waals surface area contributed by atoms with Gasteiger partial charge in [0, 0.05) is 25.6 Å². The third-order valence-corrected chi connectivity index (χ3v) is 4.49. The van der Waals surface area contributed by atoms with Crippen LogP contribution in [0.5, 0.6) is 0 Å². The SMILES string of the molecule is CN=C(NCC(c1ccco1)N(C)C)NCC(C)(C)c1cccc(F)c1.I. The first-order valence-corrected chi connectivity index (χ1v) is 8.74. The first-order chi connectivity index (χ1) is 12.3. The lowest BCUT2D eigenvalue weighted by Gasteiger charge is -2.28. The van der Waals surface area contributed by atoms with Crippen molar-refractivity contribution in [3.05, 3.63) is 59.8 Å². The highest BCUT2D eigenvalue weighted by Gasteiger charge is 2.22. The van der Waals surface area contributed by atoms with Gasteiger partial charge in [-0.05, 0) is 43.9 Å². The number of rotatable bonds is 7. The van der Waals surface area contributed by atoms with Gasteiger partial charge in [0.1, 0.15) is 11.6 Å². The molecule has 1 unspecified atom stereocenters. The van der Waals surface area contributed by atoms with Crippen LogP contribution in [0.2, 0.25) is 0 Å². The molecule has 1 heterocycles. The number of likely N-dealkylation sites (N-methyl/N-ethyl adjacent to an activating group) is 1. The van der Waals surface area contributed by atoms with Crippen molar-refractivity contribution in [2.45, 2.75) is 25.3 Å². The number of benzene rings is 1. The van der Waals surface area contributed by atoms with E-state index in [1.165, 1.54) is 6.07 Å². The molecule has 0 radical (unpaired) electrons. The fraction of sp³-hybridized carbons (Fsp3) is 0.450. The lowest BCUT2D eigenvalue weighted by molar-refractivity contribution is 0.258. The maximum atomic E-state index is 13.5. The van der Waals surface area contributed by atoms with Crippen molar-refractivity contribution in [1.82, 2.24) is 15.5 Å². The monoisotopic (exact) mass is 488 g/mol. The van der Waals surface area contributed by atoms with E-state index in [-0.39, 0.29) is 41.3 Å². The number of hydrogen-bond acceptors (Lipinski definition) is 3. The Kier molecular flexibility index (Phi) is 9.25. The lowest BCUT2D eigenvalue weighted by Crippen LogP contribution is -2.45. The van der Waals surface area contributed by atoms with Gasteiger partial charge in [-0.2, -0.15) is 0 Å². The van der Waals surface area contributed by atoms with Gasteiger partial charge in [0.15, 0.2) is 5.96 Å². The molecule has 0 saturated carbocycles. The molecule has 0 amide bonds. The summed E-state index contributed by atoms with van der Waals surface area (Å²) < 4.78 is 19.0. The van der Waals surface area contributed by atoms with E-state index in [0.29, 0.717) is 19.0 Å². The fourth-order valence-electron chi connectivity index (χ4n) is 2.75. The number of guanidine groups is 1. The largest absolute Gasteiger partial charge is 0.468 e. The summed E-state index contributed by atoms with van der Waals surface area (Å²) in [6.45, 7) is 5.44. The second kappa shape index (κ2) is 10.7. The minimum Gasteiger partial charge on any atom is -0.468 e. The van der Waals surface area contributed by atoms with Gasteiger partial charge < -0.3 is 15.1 Å². The number of hydrogen-bond donors (Lipinski definition) is 2. The van der Waals surface area contributed by atoms with Gasteiger partial charge in [-0.25, -0.2) is 4.39 Å². The zero-order valence-corrected chi connectivity index (χ0v) is 19.0. The van der Waals surface area contributed by atoms with Crippen LogP contribution in [0, 0.1) is 5.82 Å². The summed E-state index contributed by atoms with van der Waals surface area (Å²) in [6.07, 6.45) is 1.68. The van der Waals surface area contributed by atoms with Gasteiger partial charge in [-0.3, -0.25) is 9.89 Å². The standard InChI is InChI=1S/C20H29FN4O.HI/c1-20(2,15-8-6-9-16(21)12-15)14-24-19(22-3)23-13-17(25(4)5)18-10-7-11-26-18;/h6-12,17H,13-14H2,1-5H3,(H2,22,23,24);1H. The van der Waals surface area contributed by atoms with Crippen LogP contribution >= 0.6 is 24.0 Å². The molecule has 0 aliphatic heterocycles. The van der Waals surface area contributed by atoms with Crippen LogP contribution in [0.3, 0.4) is 0 Å². The molecule has 2 rings (SSSR count). The summed E-state index contributed by atoms with van der Waals surface area (Å²) in [5.74, 6) is 1.39. The van der Waals surface area contributed by atoms with Crippen molar-refractivity contribution in [1.29, 1.82) is 0 Å². The maximum absolute atomic E-state index is 13.5. The molecule has 0 aliphatic rings. The van der Waals surface area contributed by atoms with Gasteiger partial charge >= 0.3 is 0 Å². The molecule has 27 heavy (non-hydrogen) atoms. The van der Waals surface area contributed by atoms with E-state index in [9.17, 15) is 4.39 Å². The Morgan fingerprint density at radius 3 is 2.52 bits per heavy atom. The van der Waals surface area contributed by atoms with Gasteiger partial charge in [-0.15, -0.1) is 24.0 Å². The van der Waals surface area contributed by atoms with Crippen LogP contribution in [0.25, 0.3) is 0 Å². The minimum atomic E-state index is -0.234. The Hall–Kier alpha value is -1.61. The van der Waals surface area contributed by atoms with Crippen molar-refractivity contribution in [3.8, 4) is 0 Å². The second-order valence-electron chi connectivity index (χ2n) is 7.20. The van der Waals surface area contributed by atoms with Crippen molar-refractivity contribution in [2.24, 2.45) is 4.99 Å². The van der Waals surface area contributed by atoms with Gasteiger partial charge in [-0.1, -0.05) is 26.0 Å². The first kappa shape index (κ1) is 23.4. The van der Waals surface area contributed by atoms with E-state index >= 15 is 0 Å². The normalized spacial score (nSPS) is 13.2. The van der Waals surface area contributed by atoms with Crippen LogP contribution < -0.4 is 10.6 Å². The van der Waals surface area contributed by atoms with Crippen molar-refractivity contribution >= 4 is 29.9 Å². The Balaban J connectivity index is 0.00000364. The van der Waals surface area contributed by atoms with Crippen molar-refractivity contribution in [2.75, 3.05) is 34.2 Å². The molecule has 1 aromatic heterocycles. The third kappa shape index (κ3) is 6.80. The number of aliphatic imine (C=N–C) groups is 1. The highest BCUT2D eigenvalue weighted by atomic mass is 127. The zero-order chi connectivity index (χ0) is 19.2. The van der Waals surface area contributed by atoms with Crippen LogP contribution in [0.1, 0.15) is 31.2 Å². The topological polar surface area (TPSA) is 52.8 Å². The minimum absolute atomic E-state index is 0. The maximum Gasteiger partial charge on any atom is 0.191 e. The van der Waals surface area contributed by atoms with Gasteiger partial charge in [0.05, 0.1) is 12.3 Å². The zero-order valence-electron chi connectivity index (χ0n) is 16.6. The summed E-state index contributed by atoms with van der Waals surface area (Å²) in [7, 11) is 5.76. The second-order valence-corrected chi connectivity index (χ2v) is 7.20. The average Bonchev–Trinajstić information content (AvgIpc) is 3.11. The molecular weight excluding hydrogens is 458 g/mol. The molecule has 0 saturated heterocycles. The predicted octanol–water partition coefficient (Wildman–Crippen LogP) is 3.78. The lowest BCUT2D eigenvalue weighted by atomic mass is 9.84. The molecule has 0 fully saturated rings. The summed E-state index contributed by atoms with van der Waals surface area (Å²) in [6, 6.07) is 10.7. The molecule has 7 heteroatoms. The fourth-order valence-corrected chi connectivity index (χ4v) is 2.75. The van der Waals surface area contributed by atoms with Crippen molar-refractivity contribution < 1.29 is 8.81 Å². The summed E-state index contributed by atoms with van der Waals surface area (Å²) in [5.41, 5.74) is 0.712. The molecule has 2 aromatic rings. The molecule has 0 aliphatic carbocycles. The number of furan rings is 1. The van der Waals surface area contributed by atoms with E-state index in [0.717, 1.165) is 11.3 Å². The van der Waals surface area contributed by atoms with E-state index in [1.807, 2.05) is 32.3 Å². The Morgan fingerprint density at radius 2 is 1.96 bits per heavy atom. The number of halogens is 2. The number of nitrogens with one attached hydrogen (secondary N) is 2. The summed E-state index contributed by atoms with van der Waals surface area (Å²) in [5, 5.41) is 6.67. The molecule has 150 valence electrons. The van der Waals surface area contributed by atoms with Gasteiger partial charge in [0.25, 0.3) is 0 Å². The number of nitrogens with zero attached hydrogens (tertiary/aromatic N) is 2. The van der Waals surface area contributed by atoms with Crippen LogP contribution in [-0.4, -0.2) is 45.1 Å². The first-order valence-electron chi connectivity index (χ1n) is 8.74. The van der Waals surface area contributed by atoms with E-state index in [4.69, 9.17) is 4.42 Å². The Bertz CT molecular complexity index is 717. The predicted molar refractivity (Wildman–Crippen MR) is 119 cm³/mol. The summed E-state index contributed by atoms with van der Waals surface area (Å²) in [4.78, 5) is 6.38. The quantitative estimate of drug-likeness (QED) is 0.354. The smallest absolute Gasteiger partial charge is 0.191 e. The highest BCUT2D eigenvalue weighted by Crippen LogP contribution is 2.23. The Labute approximate surface area is 178 Å². The highest BCUT2D eigenvalue weighted by molar-refractivity contribution is 14.0. The van der Waals surface area contributed by atoms with E-state index < -0.39 is 0 Å². The molecule has 2 N–H and O–H groups in total. The Morgan fingerprint density at radius 1 is 1.22 bits per heavy atom. The molecule has 0 spiro atoms. The third-order valence-electron chi connectivity index (χ3n) is 4.49. The molecular formula is C20H30FIN4O. The molecule has 1 aromatic carbocycles. The van der Waals surface area contributed by atoms with E-state index in [1.54, 1.807) is 25.4 Å². The molecule has 5 nitrogen and oxygen atoms in total.